The van der Waals surface area contributed by atoms with Gasteiger partial charge in [0.25, 0.3) is 0 Å². The molecule has 0 heterocycles. The van der Waals surface area contributed by atoms with Crippen LogP contribution in [0, 0.1) is 5.82 Å². The van der Waals surface area contributed by atoms with Gasteiger partial charge in [-0.1, -0.05) is 13.0 Å². The van der Waals surface area contributed by atoms with Gasteiger partial charge in [-0.25, -0.2) is 4.39 Å². The lowest BCUT2D eigenvalue weighted by atomic mass is 10.3. The molecule has 0 saturated heterocycles. The molecule has 1 rings (SSSR count). The monoisotopic (exact) mass is 252 g/mol. The van der Waals surface area contributed by atoms with Crippen molar-refractivity contribution >= 4 is 17.5 Å². The summed E-state index contributed by atoms with van der Waals surface area (Å²) in [6, 6.07) is 5.64. The Bertz CT molecular complexity index is 435. The molecule has 1 N–H and O–H groups in total. The molecule has 0 unspecified atom stereocenters. The number of amides is 2. The molecule has 5 heteroatoms. The first kappa shape index (κ1) is 14.2. The Kier molecular flexibility index (Phi) is 5.30. The number of carbonyl (C=O) groups is 2. The van der Waals surface area contributed by atoms with Gasteiger partial charge in [0.1, 0.15) is 5.82 Å². The topological polar surface area (TPSA) is 49.4 Å². The SMILES string of the molecule is CCCN(CC(=O)Nc1cccc(F)c1)C(C)=O. The lowest BCUT2D eigenvalue weighted by molar-refractivity contribution is -0.132. The van der Waals surface area contributed by atoms with Crippen molar-refractivity contribution in [2.75, 3.05) is 18.4 Å². The summed E-state index contributed by atoms with van der Waals surface area (Å²) in [5.74, 6) is -0.889. The summed E-state index contributed by atoms with van der Waals surface area (Å²) in [7, 11) is 0. The molecule has 0 aromatic heterocycles. The first-order valence-corrected chi connectivity index (χ1v) is 5.84. The van der Waals surface area contributed by atoms with Gasteiger partial charge in [0.15, 0.2) is 0 Å². The molecule has 0 aliphatic carbocycles. The maximum absolute atomic E-state index is 12.9. The second kappa shape index (κ2) is 6.74. The van der Waals surface area contributed by atoms with Gasteiger partial charge in [-0.15, -0.1) is 0 Å². The van der Waals surface area contributed by atoms with E-state index in [2.05, 4.69) is 5.32 Å². The van der Waals surface area contributed by atoms with Crippen molar-refractivity contribution in [1.82, 2.24) is 4.90 Å². The van der Waals surface area contributed by atoms with Crippen LogP contribution in [-0.2, 0) is 9.59 Å². The van der Waals surface area contributed by atoms with Crippen molar-refractivity contribution in [3.63, 3.8) is 0 Å². The Balaban J connectivity index is 2.57. The fourth-order valence-electron chi connectivity index (χ4n) is 1.56. The standard InChI is InChI=1S/C13H17FN2O2/c1-3-7-16(10(2)17)9-13(18)15-12-6-4-5-11(14)8-12/h4-6,8H,3,7,9H2,1-2H3,(H,15,18). The molecule has 2 amide bonds. The summed E-state index contributed by atoms with van der Waals surface area (Å²) in [4.78, 5) is 24.4. The normalized spacial score (nSPS) is 9.94. The summed E-state index contributed by atoms with van der Waals surface area (Å²) >= 11 is 0. The number of nitrogens with zero attached hydrogens (tertiary/aromatic N) is 1. The Labute approximate surface area is 106 Å². The summed E-state index contributed by atoms with van der Waals surface area (Å²) in [5, 5.41) is 2.55. The molecule has 0 fully saturated rings. The highest BCUT2D eigenvalue weighted by molar-refractivity contribution is 5.94. The number of rotatable bonds is 5. The number of hydrogen-bond acceptors (Lipinski definition) is 2. The highest BCUT2D eigenvalue weighted by Crippen LogP contribution is 2.09. The van der Waals surface area contributed by atoms with E-state index in [1.54, 1.807) is 6.07 Å². The van der Waals surface area contributed by atoms with Crippen LogP contribution in [0.3, 0.4) is 0 Å². The molecule has 0 atom stereocenters. The van der Waals surface area contributed by atoms with Crippen LogP contribution in [0.4, 0.5) is 10.1 Å². The average Bonchev–Trinajstić information content (AvgIpc) is 2.28. The van der Waals surface area contributed by atoms with Crippen LogP contribution in [0.15, 0.2) is 24.3 Å². The molecule has 0 aliphatic heterocycles. The first-order valence-electron chi connectivity index (χ1n) is 5.84. The van der Waals surface area contributed by atoms with E-state index in [-0.39, 0.29) is 18.4 Å². The fourth-order valence-corrected chi connectivity index (χ4v) is 1.56. The fraction of sp³-hybridized carbons (Fsp3) is 0.385. The van der Waals surface area contributed by atoms with Gasteiger partial charge >= 0.3 is 0 Å². The maximum atomic E-state index is 12.9. The minimum absolute atomic E-state index is 0.0142. The van der Waals surface area contributed by atoms with E-state index >= 15 is 0 Å². The van der Waals surface area contributed by atoms with Gasteiger partial charge in [-0.3, -0.25) is 9.59 Å². The van der Waals surface area contributed by atoms with Crippen molar-refractivity contribution in [2.24, 2.45) is 0 Å². The molecule has 0 bridgehead atoms. The van der Waals surface area contributed by atoms with E-state index in [9.17, 15) is 14.0 Å². The third-order valence-electron chi connectivity index (χ3n) is 2.38. The number of halogens is 1. The van der Waals surface area contributed by atoms with Gasteiger partial charge in [0.05, 0.1) is 6.54 Å². The molecule has 1 aromatic rings. The minimum Gasteiger partial charge on any atom is -0.334 e. The zero-order valence-electron chi connectivity index (χ0n) is 10.6. The zero-order chi connectivity index (χ0) is 13.5. The van der Waals surface area contributed by atoms with Crippen molar-refractivity contribution in [3.8, 4) is 0 Å². The second-order valence-corrected chi connectivity index (χ2v) is 4.00. The number of hydrogen-bond donors (Lipinski definition) is 1. The van der Waals surface area contributed by atoms with Gasteiger partial charge in [-0.2, -0.15) is 0 Å². The molecule has 0 spiro atoms. The van der Waals surface area contributed by atoms with Crippen LogP contribution < -0.4 is 5.32 Å². The largest absolute Gasteiger partial charge is 0.334 e. The van der Waals surface area contributed by atoms with E-state index in [1.165, 1.54) is 30.0 Å². The van der Waals surface area contributed by atoms with Crippen LogP contribution >= 0.6 is 0 Å². The Morgan fingerprint density at radius 1 is 1.39 bits per heavy atom. The molecule has 0 radical (unpaired) electrons. The highest BCUT2D eigenvalue weighted by atomic mass is 19.1. The first-order chi connectivity index (χ1) is 8.52. The summed E-state index contributed by atoms with van der Waals surface area (Å²) in [5.41, 5.74) is 0.389. The van der Waals surface area contributed by atoms with Gasteiger partial charge in [-0.05, 0) is 24.6 Å². The Hall–Kier alpha value is -1.91. The van der Waals surface area contributed by atoms with E-state index in [0.29, 0.717) is 12.2 Å². The average molecular weight is 252 g/mol. The third kappa shape index (κ3) is 4.53. The van der Waals surface area contributed by atoms with Crippen LogP contribution in [0.1, 0.15) is 20.3 Å². The lowest BCUT2D eigenvalue weighted by Crippen LogP contribution is -2.37. The molecule has 18 heavy (non-hydrogen) atoms. The van der Waals surface area contributed by atoms with Crippen molar-refractivity contribution in [3.05, 3.63) is 30.1 Å². The maximum Gasteiger partial charge on any atom is 0.243 e. The Morgan fingerprint density at radius 2 is 2.11 bits per heavy atom. The van der Waals surface area contributed by atoms with Crippen molar-refractivity contribution in [1.29, 1.82) is 0 Å². The number of anilines is 1. The number of carbonyl (C=O) groups excluding carboxylic acids is 2. The second-order valence-electron chi connectivity index (χ2n) is 4.00. The molecule has 0 aliphatic rings. The predicted molar refractivity (Wildman–Crippen MR) is 67.6 cm³/mol. The van der Waals surface area contributed by atoms with E-state index in [0.717, 1.165) is 6.42 Å². The molecule has 98 valence electrons. The van der Waals surface area contributed by atoms with Gasteiger partial charge in [0.2, 0.25) is 11.8 Å². The minimum atomic E-state index is -0.412. The van der Waals surface area contributed by atoms with Crippen LogP contribution in [0.5, 0.6) is 0 Å². The molecule has 4 nitrogen and oxygen atoms in total. The summed E-state index contributed by atoms with van der Waals surface area (Å²) in [6.07, 6.45) is 0.785. The lowest BCUT2D eigenvalue weighted by Gasteiger charge is -2.19. The van der Waals surface area contributed by atoms with E-state index in [1.807, 2.05) is 6.92 Å². The van der Waals surface area contributed by atoms with Gasteiger partial charge in [0, 0.05) is 19.2 Å². The molecule has 0 saturated carbocycles. The molecular weight excluding hydrogens is 235 g/mol. The summed E-state index contributed by atoms with van der Waals surface area (Å²) in [6.45, 7) is 3.87. The smallest absolute Gasteiger partial charge is 0.243 e. The van der Waals surface area contributed by atoms with E-state index < -0.39 is 5.82 Å². The molecule has 1 aromatic carbocycles. The molecular formula is C13H17FN2O2. The zero-order valence-corrected chi connectivity index (χ0v) is 10.6. The van der Waals surface area contributed by atoms with Crippen molar-refractivity contribution in [2.45, 2.75) is 20.3 Å². The Morgan fingerprint density at radius 3 is 2.67 bits per heavy atom. The van der Waals surface area contributed by atoms with Crippen LogP contribution in [-0.4, -0.2) is 29.8 Å². The highest BCUT2D eigenvalue weighted by Gasteiger charge is 2.12. The van der Waals surface area contributed by atoms with E-state index in [4.69, 9.17) is 0 Å². The van der Waals surface area contributed by atoms with Crippen LogP contribution in [0.25, 0.3) is 0 Å². The number of benzene rings is 1. The number of nitrogens with one attached hydrogen (secondary N) is 1. The van der Waals surface area contributed by atoms with Gasteiger partial charge < -0.3 is 10.2 Å². The third-order valence-corrected chi connectivity index (χ3v) is 2.38. The van der Waals surface area contributed by atoms with Crippen LogP contribution in [0.2, 0.25) is 0 Å². The predicted octanol–water partition coefficient (Wildman–Crippen LogP) is 2.02. The summed E-state index contributed by atoms with van der Waals surface area (Å²) < 4.78 is 12.9. The quantitative estimate of drug-likeness (QED) is 0.871. The van der Waals surface area contributed by atoms with Crippen molar-refractivity contribution < 1.29 is 14.0 Å².